The molecule has 1 fully saturated rings. The fourth-order valence-electron chi connectivity index (χ4n) is 4.81. The van der Waals surface area contributed by atoms with Crippen LogP contribution >= 0.6 is 12.2 Å². The Bertz CT molecular complexity index is 1360. The van der Waals surface area contributed by atoms with E-state index in [-0.39, 0.29) is 17.2 Å². The average molecular weight is 565 g/mol. The van der Waals surface area contributed by atoms with E-state index in [1.165, 1.54) is 0 Å². The number of anilines is 1. The number of likely N-dealkylation sites (tertiary alicyclic amines) is 1. The molecule has 2 N–H and O–H groups in total. The molecule has 206 valence electrons. The minimum Gasteiger partial charge on any atom is -0.369 e. The van der Waals surface area contributed by atoms with Crippen molar-refractivity contribution in [2.45, 2.75) is 44.2 Å². The van der Waals surface area contributed by atoms with E-state index in [9.17, 15) is 26.3 Å². The van der Waals surface area contributed by atoms with Crippen LogP contribution in [0.4, 0.5) is 32.0 Å². The maximum Gasteiger partial charge on any atom is 0.416 e. The van der Waals surface area contributed by atoms with Gasteiger partial charge in [-0.1, -0.05) is 37.8 Å². The molecule has 0 spiro atoms. The van der Waals surface area contributed by atoms with Crippen LogP contribution in [0.15, 0.2) is 79.2 Å². The molecule has 2 atom stereocenters. The van der Waals surface area contributed by atoms with Crippen molar-refractivity contribution in [1.82, 2.24) is 15.2 Å². The fourth-order valence-corrected chi connectivity index (χ4v) is 5.05. The van der Waals surface area contributed by atoms with Crippen LogP contribution in [0.5, 0.6) is 0 Å². The third-order valence-electron chi connectivity index (χ3n) is 6.64. The van der Waals surface area contributed by atoms with Gasteiger partial charge in [-0.05, 0) is 60.6 Å². The molecule has 2 heterocycles. The van der Waals surface area contributed by atoms with Crippen LogP contribution in [0.1, 0.15) is 42.5 Å². The van der Waals surface area contributed by atoms with Gasteiger partial charge in [-0.25, -0.2) is 0 Å². The lowest BCUT2D eigenvalue weighted by Crippen LogP contribution is -2.51. The largest absolute Gasteiger partial charge is 0.416 e. The van der Waals surface area contributed by atoms with E-state index in [0.29, 0.717) is 18.6 Å². The summed E-state index contributed by atoms with van der Waals surface area (Å²) in [6.07, 6.45) is -3.11. The first-order valence-corrected chi connectivity index (χ1v) is 12.6. The van der Waals surface area contributed by atoms with E-state index in [1.54, 1.807) is 12.3 Å². The number of aromatic nitrogens is 1. The molecule has 11 heteroatoms. The highest BCUT2D eigenvalue weighted by atomic mass is 32.1. The van der Waals surface area contributed by atoms with E-state index < -0.39 is 35.2 Å². The van der Waals surface area contributed by atoms with Gasteiger partial charge in [-0.3, -0.25) is 4.98 Å². The number of nitrogens with one attached hydrogen (secondary N) is 2. The lowest BCUT2D eigenvalue weighted by molar-refractivity contribution is -0.143. The molecule has 3 aromatic rings. The topological polar surface area (TPSA) is 40.2 Å². The van der Waals surface area contributed by atoms with Gasteiger partial charge < -0.3 is 15.5 Å². The SMILES string of the molecule is C=C/C=C1/CCN1C(CC)[C@H](NC(=S)Nc1cc(C(F)(F)F)cc(C(F)(F)F)c1)c1ccnc2ccccc12. The number of alkyl halides is 6. The number of pyridine rings is 1. The third kappa shape index (κ3) is 6.35. The second-order valence-corrected chi connectivity index (χ2v) is 9.51. The number of rotatable bonds is 7. The van der Waals surface area contributed by atoms with Crippen molar-refractivity contribution in [3.63, 3.8) is 0 Å². The van der Waals surface area contributed by atoms with Crippen LogP contribution in [0, 0.1) is 0 Å². The van der Waals surface area contributed by atoms with E-state index in [4.69, 9.17) is 12.2 Å². The molecule has 2 aromatic carbocycles. The predicted octanol–water partition coefficient (Wildman–Crippen LogP) is 7.85. The van der Waals surface area contributed by atoms with E-state index in [2.05, 4.69) is 27.1 Å². The second kappa shape index (κ2) is 11.3. The Kier molecular flexibility index (Phi) is 8.20. The van der Waals surface area contributed by atoms with Crippen LogP contribution in [0.3, 0.4) is 0 Å². The molecule has 1 aromatic heterocycles. The summed E-state index contributed by atoms with van der Waals surface area (Å²) in [5, 5.41) is 6.49. The van der Waals surface area contributed by atoms with Crippen molar-refractivity contribution in [2.75, 3.05) is 11.9 Å². The zero-order valence-corrected chi connectivity index (χ0v) is 21.7. The molecule has 1 aliphatic rings. The van der Waals surface area contributed by atoms with Gasteiger partial charge >= 0.3 is 12.4 Å². The van der Waals surface area contributed by atoms with Crippen molar-refractivity contribution >= 4 is 33.9 Å². The zero-order valence-electron chi connectivity index (χ0n) is 20.9. The number of thiocarbonyl (C=S) groups is 1. The molecule has 4 nitrogen and oxygen atoms in total. The van der Waals surface area contributed by atoms with Gasteiger partial charge in [0.05, 0.1) is 28.7 Å². The molecule has 39 heavy (non-hydrogen) atoms. The van der Waals surface area contributed by atoms with Crippen molar-refractivity contribution in [2.24, 2.45) is 0 Å². The minimum absolute atomic E-state index is 0.0814. The maximum absolute atomic E-state index is 13.4. The number of hydrogen-bond acceptors (Lipinski definition) is 3. The van der Waals surface area contributed by atoms with Gasteiger partial charge in [-0.2, -0.15) is 26.3 Å². The Balaban J connectivity index is 1.72. The van der Waals surface area contributed by atoms with Crippen molar-refractivity contribution in [3.05, 3.63) is 95.8 Å². The Labute approximate surface area is 227 Å². The number of benzene rings is 2. The van der Waals surface area contributed by atoms with E-state index >= 15 is 0 Å². The highest BCUT2D eigenvalue weighted by molar-refractivity contribution is 7.80. The molecule has 1 unspecified atom stereocenters. The summed E-state index contributed by atoms with van der Waals surface area (Å²) in [7, 11) is 0. The Morgan fingerprint density at radius 3 is 2.31 bits per heavy atom. The maximum atomic E-state index is 13.4. The summed E-state index contributed by atoms with van der Waals surface area (Å²) in [4.78, 5) is 6.62. The first kappa shape index (κ1) is 28.4. The Morgan fingerprint density at radius 1 is 1.08 bits per heavy atom. The first-order chi connectivity index (χ1) is 18.4. The number of hydrogen-bond donors (Lipinski definition) is 2. The van der Waals surface area contributed by atoms with E-state index in [1.807, 2.05) is 43.3 Å². The van der Waals surface area contributed by atoms with Gasteiger partial charge in [-0.15, -0.1) is 0 Å². The van der Waals surface area contributed by atoms with Gasteiger partial charge in [0.15, 0.2) is 5.11 Å². The van der Waals surface area contributed by atoms with Crippen LogP contribution in [-0.2, 0) is 12.4 Å². The van der Waals surface area contributed by atoms with Crippen molar-refractivity contribution < 1.29 is 26.3 Å². The highest BCUT2D eigenvalue weighted by Gasteiger charge is 2.38. The van der Waals surface area contributed by atoms with Gasteiger partial charge in [0.25, 0.3) is 0 Å². The molecular weight excluding hydrogens is 538 g/mol. The standard InChI is InChI=1S/C28H26F6N4S/c1-3-7-20-11-13-38(20)24(4-2)25(22-10-12-35-23-9-6-5-8-21(22)23)37-26(39)36-19-15-17(27(29,30)31)14-18(16-19)28(32,33)34/h3,5-10,12,14-16,24-25H,1,4,11,13H2,2H3,(H2,36,37,39)/b20-7-/t24?,25-/m1/s1. The zero-order chi connectivity index (χ0) is 28.4. The molecule has 0 bridgehead atoms. The number of fused-ring (bicyclic) bond motifs is 1. The molecule has 1 aliphatic heterocycles. The molecule has 1 saturated heterocycles. The van der Waals surface area contributed by atoms with Crippen LogP contribution in [-0.4, -0.2) is 27.6 Å². The average Bonchev–Trinajstić information content (AvgIpc) is 2.87. The lowest BCUT2D eigenvalue weighted by atomic mass is 9.90. The monoisotopic (exact) mass is 564 g/mol. The number of nitrogens with zero attached hydrogens (tertiary/aromatic N) is 2. The lowest BCUT2D eigenvalue weighted by Gasteiger charge is -2.46. The predicted molar refractivity (Wildman–Crippen MR) is 144 cm³/mol. The fraction of sp³-hybridized carbons (Fsp3) is 0.286. The van der Waals surface area contributed by atoms with Crippen LogP contribution < -0.4 is 10.6 Å². The Morgan fingerprint density at radius 2 is 1.74 bits per heavy atom. The minimum atomic E-state index is -4.97. The summed E-state index contributed by atoms with van der Waals surface area (Å²) in [6, 6.07) is 10.0. The van der Waals surface area contributed by atoms with Gasteiger partial charge in [0, 0.05) is 35.9 Å². The van der Waals surface area contributed by atoms with Gasteiger partial charge in [0.1, 0.15) is 0 Å². The normalized spacial score (nSPS) is 16.5. The van der Waals surface area contributed by atoms with Gasteiger partial charge in [0.2, 0.25) is 0 Å². The molecule has 0 amide bonds. The Hall–Kier alpha value is -3.60. The summed E-state index contributed by atoms with van der Waals surface area (Å²) in [5.74, 6) is 0. The number of para-hydroxylation sites is 1. The van der Waals surface area contributed by atoms with Crippen molar-refractivity contribution in [1.29, 1.82) is 0 Å². The van der Waals surface area contributed by atoms with E-state index in [0.717, 1.165) is 35.1 Å². The van der Waals surface area contributed by atoms with Crippen LogP contribution in [0.25, 0.3) is 10.9 Å². The molecular formula is C28H26F6N4S. The molecule has 0 radical (unpaired) electrons. The smallest absolute Gasteiger partial charge is 0.369 e. The number of allylic oxidation sites excluding steroid dienone is 2. The summed E-state index contributed by atoms with van der Waals surface area (Å²) < 4.78 is 80.2. The summed E-state index contributed by atoms with van der Waals surface area (Å²) >= 11 is 5.45. The summed E-state index contributed by atoms with van der Waals surface area (Å²) in [6.45, 7) is 6.56. The molecule has 4 rings (SSSR count). The molecule has 0 aliphatic carbocycles. The van der Waals surface area contributed by atoms with Crippen LogP contribution in [0.2, 0.25) is 0 Å². The summed E-state index contributed by atoms with van der Waals surface area (Å²) in [5.41, 5.74) is -0.600. The second-order valence-electron chi connectivity index (χ2n) is 9.10. The molecule has 0 saturated carbocycles. The van der Waals surface area contributed by atoms with Crippen molar-refractivity contribution in [3.8, 4) is 0 Å². The quantitative estimate of drug-likeness (QED) is 0.226. The number of halogens is 6. The first-order valence-electron chi connectivity index (χ1n) is 12.2. The highest BCUT2D eigenvalue weighted by Crippen LogP contribution is 2.38. The third-order valence-corrected chi connectivity index (χ3v) is 6.86.